The summed E-state index contributed by atoms with van der Waals surface area (Å²) in [6.07, 6.45) is 3.34. The molecular formula is C30H30N4O5. The number of anilines is 1. The third kappa shape index (κ3) is 6.17. The Bertz CT molecular complexity index is 1650. The van der Waals surface area contributed by atoms with Crippen LogP contribution in [0.5, 0.6) is 17.2 Å². The van der Waals surface area contributed by atoms with Crippen LogP contribution in [0.25, 0.3) is 21.9 Å². The van der Waals surface area contributed by atoms with Gasteiger partial charge in [0.15, 0.2) is 11.3 Å². The minimum Gasteiger partial charge on any atom is -0.488 e. The predicted molar refractivity (Wildman–Crippen MR) is 151 cm³/mol. The molecule has 0 bridgehead atoms. The maximum absolute atomic E-state index is 13.3. The number of ether oxygens (including phenoxy) is 2. The highest BCUT2D eigenvalue weighted by Gasteiger charge is 2.14. The van der Waals surface area contributed by atoms with E-state index in [1.54, 1.807) is 36.7 Å². The van der Waals surface area contributed by atoms with Crippen molar-refractivity contribution in [2.45, 2.75) is 20.1 Å². The van der Waals surface area contributed by atoms with Gasteiger partial charge in [0.2, 0.25) is 5.43 Å². The van der Waals surface area contributed by atoms with Crippen molar-refractivity contribution < 1.29 is 19.0 Å². The predicted octanol–water partition coefficient (Wildman–Crippen LogP) is 4.88. The van der Waals surface area contributed by atoms with E-state index in [0.29, 0.717) is 63.9 Å². The summed E-state index contributed by atoms with van der Waals surface area (Å²) in [6, 6.07) is 16.2. The van der Waals surface area contributed by atoms with Gasteiger partial charge in [-0.05, 0) is 74.6 Å². The van der Waals surface area contributed by atoms with Gasteiger partial charge in [-0.1, -0.05) is 6.07 Å². The van der Waals surface area contributed by atoms with Gasteiger partial charge in [-0.25, -0.2) is 4.98 Å². The Morgan fingerprint density at radius 1 is 0.974 bits per heavy atom. The number of benzene rings is 2. The molecular weight excluding hydrogens is 496 g/mol. The van der Waals surface area contributed by atoms with Gasteiger partial charge < -0.3 is 29.2 Å². The first-order chi connectivity index (χ1) is 18.9. The van der Waals surface area contributed by atoms with Crippen LogP contribution in [0.1, 0.15) is 16.8 Å². The van der Waals surface area contributed by atoms with Gasteiger partial charge >= 0.3 is 0 Å². The number of pyridine rings is 2. The molecule has 2 aromatic carbocycles. The van der Waals surface area contributed by atoms with E-state index in [1.165, 1.54) is 0 Å². The fourth-order valence-corrected chi connectivity index (χ4v) is 4.08. The fourth-order valence-electron chi connectivity index (χ4n) is 4.08. The molecule has 5 aromatic rings. The molecule has 5 rings (SSSR count). The van der Waals surface area contributed by atoms with E-state index in [1.807, 2.05) is 56.3 Å². The first kappa shape index (κ1) is 26.1. The Balaban J connectivity index is 1.34. The van der Waals surface area contributed by atoms with E-state index in [0.717, 1.165) is 17.7 Å². The monoisotopic (exact) mass is 526 g/mol. The van der Waals surface area contributed by atoms with E-state index >= 15 is 0 Å². The highest BCUT2D eigenvalue weighted by Crippen LogP contribution is 2.31. The number of aliphatic hydroxyl groups is 1. The lowest BCUT2D eigenvalue weighted by Crippen LogP contribution is -2.19. The molecule has 0 fully saturated rings. The molecule has 200 valence electrons. The molecule has 0 saturated carbocycles. The zero-order valence-corrected chi connectivity index (χ0v) is 22.1. The number of aryl methyl sites for hydroxylation is 1. The van der Waals surface area contributed by atoms with Crippen LogP contribution in [0.3, 0.4) is 0 Å². The second-order valence-electron chi connectivity index (χ2n) is 9.53. The summed E-state index contributed by atoms with van der Waals surface area (Å²) in [7, 11) is 3.95. The van der Waals surface area contributed by atoms with Crippen molar-refractivity contribution in [2.24, 2.45) is 0 Å². The number of aliphatic hydroxyl groups excluding tert-OH is 1. The maximum atomic E-state index is 13.3. The second-order valence-corrected chi connectivity index (χ2v) is 9.53. The zero-order chi connectivity index (χ0) is 27.4. The van der Waals surface area contributed by atoms with Crippen LogP contribution in [-0.4, -0.2) is 47.2 Å². The molecule has 3 aromatic heterocycles. The number of hydrogen-bond acceptors (Lipinski definition) is 9. The average Bonchev–Trinajstić information content (AvgIpc) is 2.93. The lowest BCUT2D eigenvalue weighted by atomic mass is 10.1. The van der Waals surface area contributed by atoms with Crippen LogP contribution in [0.2, 0.25) is 0 Å². The molecule has 0 aliphatic rings. The van der Waals surface area contributed by atoms with Crippen molar-refractivity contribution in [3.05, 3.63) is 94.0 Å². The van der Waals surface area contributed by atoms with Gasteiger partial charge in [-0.2, -0.15) is 0 Å². The molecule has 9 nitrogen and oxygen atoms in total. The summed E-state index contributed by atoms with van der Waals surface area (Å²) < 4.78 is 18.2. The number of likely N-dealkylation sites (N-methyl/N-ethyl adjacent to an activating group) is 1. The van der Waals surface area contributed by atoms with Crippen molar-refractivity contribution in [2.75, 3.05) is 32.6 Å². The summed E-state index contributed by atoms with van der Waals surface area (Å²) in [5, 5.41) is 13.3. The summed E-state index contributed by atoms with van der Waals surface area (Å²) in [5.74, 6) is 2.29. The summed E-state index contributed by atoms with van der Waals surface area (Å²) in [4.78, 5) is 23.9. The second kappa shape index (κ2) is 11.5. The molecule has 39 heavy (non-hydrogen) atoms. The summed E-state index contributed by atoms with van der Waals surface area (Å²) in [6.45, 7) is 3.61. The van der Waals surface area contributed by atoms with Crippen molar-refractivity contribution >= 4 is 27.8 Å². The largest absolute Gasteiger partial charge is 0.488 e. The van der Waals surface area contributed by atoms with Crippen LogP contribution >= 0.6 is 0 Å². The number of nitrogens with zero attached hydrogens (tertiary/aromatic N) is 3. The Hall–Kier alpha value is -4.47. The number of nitrogens with one attached hydrogen (secondary N) is 1. The molecule has 0 atom stereocenters. The molecule has 2 N–H and O–H groups in total. The van der Waals surface area contributed by atoms with E-state index in [-0.39, 0.29) is 12.0 Å². The molecule has 0 spiro atoms. The number of fused-ring (bicyclic) bond motifs is 2. The van der Waals surface area contributed by atoms with E-state index in [4.69, 9.17) is 19.0 Å². The molecule has 0 aliphatic carbocycles. The molecule has 0 amide bonds. The first-order valence-electron chi connectivity index (χ1n) is 12.6. The molecule has 9 heteroatoms. The molecule has 0 saturated heterocycles. The molecule has 3 heterocycles. The quantitative estimate of drug-likeness (QED) is 0.246. The summed E-state index contributed by atoms with van der Waals surface area (Å²) in [5.41, 5.74) is 3.25. The third-order valence-electron chi connectivity index (χ3n) is 6.14. The van der Waals surface area contributed by atoms with Gasteiger partial charge in [0, 0.05) is 25.4 Å². The maximum Gasteiger partial charge on any atom is 0.200 e. The van der Waals surface area contributed by atoms with Crippen molar-refractivity contribution in [1.29, 1.82) is 0 Å². The molecule has 0 aliphatic heterocycles. The minimum absolute atomic E-state index is 0.0805. The third-order valence-corrected chi connectivity index (χ3v) is 6.14. The van der Waals surface area contributed by atoms with Gasteiger partial charge in [0.05, 0.1) is 29.3 Å². The fraction of sp³-hybridized carbons (Fsp3) is 0.233. The van der Waals surface area contributed by atoms with E-state index < -0.39 is 0 Å². The first-order valence-corrected chi connectivity index (χ1v) is 12.6. The Morgan fingerprint density at radius 2 is 1.82 bits per heavy atom. The van der Waals surface area contributed by atoms with Crippen LogP contribution in [0, 0.1) is 6.92 Å². The van der Waals surface area contributed by atoms with Crippen LogP contribution in [0.15, 0.2) is 76.2 Å². The lowest BCUT2D eigenvalue weighted by Gasteiger charge is -2.13. The summed E-state index contributed by atoms with van der Waals surface area (Å²) >= 11 is 0. The standard InChI is InChI=1S/C30H30N4O5/c1-19-12-25-29(36)24-8-6-22(14-26(24)39-30(25)27(13-19)37-11-10-34(2)3)38-23-7-9-28(33-17-23)32-16-20-4-5-21(18-35)31-15-20/h4-9,12-15,17,35H,10-11,16,18H2,1-3H3,(H,32,33). The number of aromatic nitrogens is 2. The Morgan fingerprint density at radius 3 is 2.54 bits per heavy atom. The van der Waals surface area contributed by atoms with Crippen LogP contribution in [0.4, 0.5) is 5.82 Å². The molecule has 0 unspecified atom stereocenters. The zero-order valence-electron chi connectivity index (χ0n) is 22.1. The minimum atomic E-state index is -0.114. The Labute approximate surface area is 225 Å². The van der Waals surface area contributed by atoms with Gasteiger partial charge in [0.1, 0.15) is 29.5 Å². The number of hydrogen-bond donors (Lipinski definition) is 2. The van der Waals surface area contributed by atoms with Crippen molar-refractivity contribution in [3.8, 4) is 17.2 Å². The van der Waals surface area contributed by atoms with Crippen molar-refractivity contribution in [1.82, 2.24) is 14.9 Å². The number of rotatable bonds is 10. The SMILES string of the molecule is Cc1cc(OCCN(C)C)c2oc3cc(Oc4ccc(NCc5ccc(CO)nc5)nc4)ccc3c(=O)c2c1. The lowest BCUT2D eigenvalue weighted by molar-refractivity contribution is 0.261. The topological polar surface area (TPSA) is 110 Å². The van der Waals surface area contributed by atoms with E-state index in [2.05, 4.69) is 15.3 Å². The average molecular weight is 527 g/mol. The normalized spacial score (nSPS) is 11.3. The highest BCUT2D eigenvalue weighted by molar-refractivity contribution is 5.93. The smallest absolute Gasteiger partial charge is 0.200 e. The van der Waals surface area contributed by atoms with Gasteiger partial charge in [-0.15, -0.1) is 0 Å². The van der Waals surface area contributed by atoms with Crippen molar-refractivity contribution in [3.63, 3.8) is 0 Å². The molecule has 0 radical (unpaired) electrons. The van der Waals surface area contributed by atoms with Gasteiger partial charge in [-0.3, -0.25) is 9.78 Å². The highest BCUT2D eigenvalue weighted by atomic mass is 16.5. The van der Waals surface area contributed by atoms with Crippen LogP contribution < -0.4 is 20.2 Å². The Kier molecular flexibility index (Phi) is 7.72. The van der Waals surface area contributed by atoms with E-state index in [9.17, 15) is 4.79 Å². The van der Waals surface area contributed by atoms with Gasteiger partial charge in [0.25, 0.3) is 0 Å². The van der Waals surface area contributed by atoms with Crippen LogP contribution in [-0.2, 0) is 13.2 Å².